The summed E-state index contributed by atoms with van der Waals surface area (Å²) in [5, 5.41) is 6.18. The summed E-state index contributed by atoms with van der Waals surface area (Å²) in [5.74, 6) is 0. The molecule has 0 saturated carbocycles. The zero-order chi connectivity index (χ0) is 14.9. The molecule has 114 valence electrons. The van der Waals surface area contributed by atoms with Gasteiger partial charge in [0.1, 0.15) is 0 Å². The summed E-state index contributed by atoms with van der Waals surface area (Å²) in [7, 11) is 2.09. The Bertz CT molecular complexity index is 532. The Morgan fingerprint density at radius 1 is 0.905 bits per heavy atom. The molecule has 2 rings (SSSR count). The lowest BCUT2D eigenvalue weighted by atomic mass is 9.98. The lowest BCUT2D eigenvalue weighted by Gasteiger charge is -2.16. The van der Waals surface area contributed by atoms with E-state index in [9.17, 15) is 0 Å². The average molecular weight is 283 g/mol. The Labute approximate surface area is 129 Å². The van der Waals surface area contributed by atoms with E-state index in [4.69, 9.17) is 0 Å². The summed E-state index contributed by atoms with van der Waals surface area (Å²) in [6, 6.07) is 16.1. The molecule has 0 heterocycles. The maximum Gasteiger partial charge on any atom is 0.0104 e. The van der Waals surface area contributed by atoms with Crippen molar-refractivity contribution in [2.45, 2.75) is 57.9 Å². The first-order valence-electron chi connectivity index (χ1n) is 8.48. The molecule has 0 amide bonds. The van der Waals surface area contributed by atoms with Crippen molar-refractivity contribution in [3.63, 3.8) is 0 Å². The van der Waals surface area contributed by atoms with Crippen molar-refractivity contribution < 1.29 is 0 Å². The molecular weight excluding hydrogens is 254 g/mol. The van der Waals surface area contributed by atoms with E-state index in [1.54, 1.807) is 0 Å². The van der Waals surface area contributed by atoms with Crippen molar-refractivity contribution in [2.24, 2.45) is 0 Å². The van der Waals surface area contributed by atoms with Crippen LogP contribution in [0.2, 0.25) is 0 Å². The van der Waals surface area contributed by atoms with E-state index in [1.807, 2.05) is 0 Å². The van der Waals surface area contributed by atoms with Gasteiger partial charge in [-0.2, -0.15) is 0 Å². The van der Waals surface area contributed by atoms with Gasteiger partial charge in [-0.15, -0.1) is 0 Å². The standard InChI is InChI=1S/C20H29N/c1-3-4-5-6-7-12-20(21-2)16-17-13-14-18-10-8-9-11-19(18)15-17/h8-11,13-15,20-21H,3-7,12,16H2,1-2H3. The summed E-state index contributed by atoms with van der Waals surface area (Å²) < 4.78 is 0. The molecule has 0 bridgehead atoms. The van der Waals surface area contributed by atoms with Crippen LogP contribution in [0.25, 0.3) is 10.8 Å². The SMILES string of the molecule is CCCCCCCC(Cc1ccc2ccccc2c1)NC. The van der Waals surface area contributed by atoms with Crippen LogP contribution in [0.5, 0.6) is 0 Å². The molecule has 0 fully saturated rings. The minimum atomic E-state index is 0.604. The quantitative estimate of drug-likeness (QED) is 0.613. The van der Waals surface area contributed by atoms with Crippen LogP contribution in [0.1, 0.15) is 51.0 Å². The number of hydrogen-bond donors (Lipinski definition) is 1. The molecule has 1 atom stereocenters. The van der Waals surface area contributed by atoms with E-state index in [2.05, 4.69) is 61.8 Å². The molecule has 0 aliphatic carbocycles. The smallest absolute Gasteiger partial charge is 0.0104 e. The second-order valence-electron chi connectivity index (χ2n) is 6.07. The van der Waals surface area contributed by atoms with Crippen molar-refractivity contribution in [3.05, 3.63) is 48.0 Å². The number of likely N-dealkylation sites (N-methyl/N-ethyl adjacent to an activating group) is 1. The molecule has 21 heavy (non-hydrogen) atoms. The van der Waals surface area contributed by atoms with Gasteiger partial charge in [-0.1, -0.05) is 81.5 Å². The van der Waals surface area contributed by atoms with Crippen molar-refractivity contribution in [3.8, 4) is 0 Å². The third-order valence-electron chi connectivity index (χ3n) is 4.36. The predicted molar refractivity (Wildman–Crippen MR) is 93.9 cm³/mol. The number of unbranched alkanes of at least 4 members (excludes halogenated alkanes) is 4. The van der Waals surface area contributed by atoms with Crippen LogP contribution in [0.4, 0.5) is 0 Å². The third-order valence-corrected chi connectivity index (χ3v) is 4.36. The Morgan fingerprint density at radius 2 is 1.67 bits per heavy atom. The van der Waals surface area contributed by atoms with Crippen LogP contribution >= 0.6 is 0 Å². The zero-order valence-electron chi connectivity index (χ0n) is 13.6. The first-order chi connectivity index (χ1) is 10.3. The normalized spacial score (nSPS) is 12.7. The molecule has 0 saturated heterocycles. The van der Waals surface area contributed by atoms with Crippen LogP contribution < -0.4 is 5.32 Å². The summed E-state index contributed by atoms with van der Waals surface area (Å²) >= 11 is 0. The molecule has 1 unspecified atom stereocenters. The fourth-order valence-corrected chi connectivity index (χ4v) is 2.99. The topological polar surface area (TPSA) is 12.0 Å². The molecule has 1 nitrogen and oxygen atoms in total. The fourth-order valence-electron chi connectivity index (χ4n) is 2.99. The van der Waals surface area contributed by atoms with Crippen LogP contribution in [-0.2, 0) is 6.42 Å². The van der Waals surface area contributed by atoms with E-state index in [-0.39, 0.29) is 0 Å². The van der Waals surface area contributed by atoms with Gasteiger partial charge in [-0.05, 0) is 36.2 Å². The first-order valence-corrected chi connectivity index (χ1v) is 8.48. The van der Waals surface area contributed by atoms with Gasteiger partial charge in [0.25, 0.3) is 0 Å². The van der Waals surface area contributed by atoms with Crippen LogP contribution in [0.15, 0.2) is 42.5 Å². The highest BCUT2D eigenvalue weighted by molar-refractivity contribution is 5.82. The van der Waals surface area contributed by atoms with Crippen LogP contribution in [-0.4, -0.2) is 13.1 Å². The van der Waals surface area contributed by atoms with Crippen molar-refractivity contribution in [1.82, 2.24) is 5.32 Å². The van der Waals surface area contributed by atoms with E-state index >= 15 is 0 Å². The monoisotopic (exact) mass is 283 g/mol. The molecule has 0 spiro atoms. The van der Waals surface area contributed by atoms with Gasteiger partial charge in [0.05, 0.1) is 0 Å². The minimum Gasteiger partial charge on any atom is -0.317 e. The molecule has 2 aromatic rings. The van der Waals surface area contributed by atoms with Gasteiger partial charge in [-0.25, -0.2) is 0 Å². The van der Waals surface area contributed by atoms with E-state index in [0.717, 1.165) is 6.42 Å². The summed E-state index contributed by atoms with van der Waals surface area (Å²) in [6.07, 6.45) is 9.25. The van der Waals surface area contributed by atoms with Gasteiger partial charge >= 0.3 is 0 Å². The van der Waals surface area contributed by atoms with Gasteiger partial charge in [0.2, 0.25) is 0 Å². The van der Waals surface area contributed by atoms with Gasteiger partial charge in [0.15, 0.2) is 0 Å². The van der Waals surface area contributed by atoms with Gasteiger partial charge in [0, 0.05) is 6.04 Å². The van der Waals surface area contributed by atoms with Crippen molar-refractivity contribution in [1.29, 1.82) is 0 Å². The summed E-state index contributed by atoms with van der Waals surface area (Å²) in [5.41, 5.74) is 1.45. The molecule has 1 heteroatoms. The zero-order valence-corrected chi connectivity index (χ0v) is 13.6. The highest BCUT2D eigenvalue weighted by Crippen LogP contribution is 2.18. The maximum absolute atomic E-state index is 3.49. The Balaban J connectivity index is 1.87. The molecule has 0 aliphatic rings. The maximum atomic E-state index is 3.49. The highest BCUT2D eigenvalue weighted by Gasteiger charge is 2.07. The van der Waals surface area contributed by atoms with Gasteiger partial charge < -0.3 is 5.32 Å². The molecule has 1 N–H and O–H groups in total. The third kappa shape index (κ3) is 5.17. The average Bonchev–Trinajstić information content (AvgIpc) is 2.53. The van der Waals surface area contributed by atoms with E-state index in [1.165, 1.54) is 54.9 Å². The summed E-state index contributed by atoms with van der Waals surface area (Å²) in [6.45, 7) is 2.27. The fraction of sp³-hybridized carbons (Fsp3) is 0.500. The number of hydrogen-bond acceptors (Lipinski definition) is 1. The highest BCUT2D eigenvalue weighted by atomic mass is 14.9. The molecular formula is C20H29N. The number of rotatable bonds is 9. The van der Waals surface area contributed by atoms with Crippen molar-refractivity contribution in [2.75, 3.05) is 7.05 Å². The second-order valence-corrected chi connectivity index (χ2v) is 6.07. The molecule has 0 aliphatic heterocycles. The van der Waals surface area contributed by atoms with Crippen LogP contribution in [0, 0.1) is 0 Å². The molecule has 0 radical (unpaired) electrons. The lowest BCUT2D eigenvalue weighted by Crippen LogP contribution is -2.27. The van der Waals surface area contributed by atoms with E-state index < -0.39 is 0 Å². The lowest BCUT2D eigenvalue weighted by molar-refractivity contribution is 0.482. The largest absolute Gasteiger partial charge is 0.317 e. The first kappa shape index (κ1) is 16.0. The predicted octanol–water partition coefficient (Wildman–Crippen LogP) is 5.33. The minimum absolute atomic E-state index is 0.604. The van der Waals surface area contributed by atoms with Crippen molar-refractivity contribution >= 4 is 10.8 Å². The van der Waals surface area contributed by atoms with Gasteiger partial charge in [-0.3, -0.25) is 0 Å². The Hall–Kier alpha value is -1.34. The second kappa shape index (κ2) is 8.84. The number of benzene rings is 2. The molecule has 0 aromatic heterocycles. The Morgan fingerprint density at radius 3 is 2.43 bits per heavy atom. The van der Waals surface area contributed by atoms with Crippen LogP contribution in [0.3, 0.4) is 0 Å². The number of nitrogens with one attached hydrogen (secondary N) is 1. The molecule has 2 aromatic carbocycles. The summed E-state index contributed by atoms with van der Waals surface area (Å²) in [4.78, 5) is 0. The number of fused-ring (bicyclic) bond motifs is 1. The van der Waals surface area contributed by atoms with E-state index in [0.29, 0.717) is 6.04 Å². The Kier molecular flexibility index (Phi) is 6.75.